The van der Waals surface area contributed by atoms with E-state index in [-0.39, 0.29) is 5.91 Å². The fourth-order valence-corrected chi connectivity index (χ4v) is 2.69. The SMILES string of the molecule is COc1cc(OC)cc(C(=O)Nc2ccc(Nc3cc(C)ccc3C)nc2)c1. The van der Waals surface area contributed by atoms with E-state index in [0.29, 0.717) is 28.6 Å². The van der Waals surface area contributed by atoms with Gasteiger partial charge in [0.25, 0.3) is 5.91 Å². The number of aromatic nitrogens is 1. The Hall–Kier alpha value is -3.54. The zero-order chi connectivity index (χ0) is 20.1. The molecule has 0 aliphatic rings. The van der Waals surface area contributed by atoms with Gasteiger partial charge < -0.3 is 20.1 Å². The number of nitrogens with zero attached hydrogens (tertiary/aromatic N) is 1. The lowest BCUT2D eigenvalue weighted by molar-refractivity contribution is 0.102. The van der Waals surface area contributed by atoms with Crippen LogP contribution in [0.3, 0.4) is 0 Å². The minimum atomic E-state index is -0.269. The molecule has 0 bridgehead atoms. The summed E-state index contributed by atoms with van der Waals surface area (Å²) in [4.78, 5) is 16.9. The molecule has 2 aromatic carbocycles. The summed E-state index contributed by atoms with van der Waals surface area (Å²) in [6.07, 6.45) is 1.61. The molecule has 6 nitrogen and oxygen atoms in total. The van der Waals surface area contributed by atoms with Crippen molar-refractivity contribution in [2.75, 3.05) is 24.9 Å². The van der Waals surface area contributed by atoms with Crippen LogP contribution in [-0.2, 0) is 0 Å². The highest BCUT2D eigenvalue weighted by Crippen LogP contribution is 2.24. The average Bonchev–Trinajstić information content (AvgIpc) is 2.71. The molecule has 0 aliphatic heterocycles. The molecule has 0 unspecified atom stereocenters. The number of ether oxygens (including phenoxy) is 2. The molecule has 0 atom stereocenters. The highest BCUT2D eigenvalue weighted by atomic mass is 16.5. The van der Waals surface area contributed by atoms with E-state index in [1.807, 2.05) is 19.9 Å². The number of rotatable bonds is 6. The molecule has 0 fully saturated rings. The van der Waals surface area contributed by atoms with Crippen LogP contribution in [0, 0.1) is 13.8 Å². The van der Waals surface area contributed by atoms with Gasteiger partial charge in [0.2, 0.25) is 0 Å². The van der Waals surface area contributed by atoms with Crippen molar-refractivity contribution < 1.29 is 14.3 Å². The van der Waals surface area contributed by atoms with Crippen LogP contribution in [0.2, 0.25) is 0 Å². The number of aryl methyl sites for hydroxylation is 2. The molecule has 2 N–H and O–H groups in total. The summed E-state index contributed by atoms with van der Waals surface area (Å²) < 4.78 is 10.4. The Bertz CT molecular complexity index is 963. The summed E-state index contributed by atoms with van der Waals surface area (Å²) in [7, 11) is 3.09. The molecular weight excluding hydrogens is 354 g/mol. The number of anilines is 3. The highest BCUT2D eigenvalue weighted by Gasteiger charge is 2.11. The van der Waals surface area contributed by atoms with Gasteiger partial charge in [-0.2, -0.15) is 0 Å². The van der Waals surface area contributed by atoms with E-state index >= 15 is 0 Å². The zero-order valence-electron chi connectivity index (χ0n) is 16.4. The van der Waals surface area contributed by atoms with Gasteiger partial charge in [-0.1, -0.05) is 12.1 Å². The molecule has 0 saturated heterocycles. The van der Waals surface area contributed by atoms with Crippen molar-refractivity contribution in [2.45, 2.75) is 13.8 Å². The highest BCUT2D eigenvalue weighted by molar-refractivity contribution is 6.04. The number of hydrogen-bond acceptors (Lipinski definition) is 5. The summed E-state index contributed by atoms with van der Waals surface area (Å²) >= 11 is 0. The molecule has 6 heteroatoms. The Balaban J connectivity index is 1.72. The Kier molecular flexibility index (Phi) is 5.79. The molecule has 0 radical (unpaired) electrons. The molecule has 0 saturated carbocycles. The molecule has 1 heterocycles. The van der Waals surface area contributed by atoms with Crippen molar-refractivity contribution in [2.24, 2.45) is 0 Å². The van der Waals surface area contributed by atoms with Crippen molar-refractivity contribution in [3.05, 3.63) is 71.4 Å². The molecular formula is C22H23N3O3. The van der Waals surface area contributed by atoms with E-state index in [0.717, 1.165) is 11.3 Å². The number of nitrogens with one attached hydrogen (secondary N) is 2. The van der Waals surface area contributed by atoms with Crippen LogP contribution in [-0.4, -0.2) is 25.1 Å². The number of methoxy groups -OCH3 is 2. The number of carbonyl (C=O) groups excluding carboxylic acids is 1. The van der Waals surface area contributed by atoms with E-state index in [4.69, 9.17) is 9.47 Å². The van der Waals surface area contributed by atoms with Crippen LogP contribution >= 0.6 is 0 Å². The van der Waals surface area contributed by atoms with E-state index < -0.39 is 0 Å². The van der Waals surface area contributed by atoms with E-state index in [1.165, 1.54) is 5.56 Å². The van der Waals surface area contributed by atoms with Crippen molar-refractivity contribution in [3.8, 4) is 11.5 Å². The van der Waals surface area contributed by atoms with E-state index in [9.17, 15) is 4.79 Å². The molecule has 28 heavy (non-hydrogen) atoms. The van der Waals surface area contributed by atoms with Crippen LogP contribution in [0.25, 0.3) is 0 Å². The molecule has 1 amide bonds. The third-order valence-corrected chi connectivity index (χ3v) is 4.29. The lowest BCUT2D eigenvalue weighted by Crippen LogP contribution is -2.12. The van der Waals surface area contributed by atoms with Crippen molar-refractivity contribution in [1.82, 2.24) is 4.98 Å². The van der Waals surface area contributed by atoms with Gasteiger partial charge in [0.15, 0.2) is 0 Å². The largest absolute Gasteiger partial charge is 0.497 e. The second-order valence-electron chi connectivity index (χ2n) is 6.43. The van der Waals surface area contributed by atoms with Gasteiger partial charge >= 0.3 is 0 Å². The second kappa shape index (κ2) is 8.43. The van der Waals surface area contributed by atoms with Crippen molar-refractivity contribution in [1.29, 1.82) is 0 Å². The summed E-state index contributed by atoms with van der Waals surface area (Å²) in [6.45, 7) is 4.09. The van der Waals surface area contributed by atoms with Crippen LogP contribution in [0.5, 0.6) is 11.5 Å². The predicted octanol–water partition coefficient (Wildman–Crippen LogP) is 4.71. The topological polar surface area (TPSA) is 72.5 Å². The van der Waals surface area contributed by atoms with Gasteiger partial charge in [-0.25, -0.2) is 4.98 Å². The van der Waals surface area contributed by atoms with Gasteiger partial charge in [-0.3, -0.25) is 4.79 Å². The maximum Gasteiger partial charge on any atom is 0.255 e. The lowest BCUT2D eigenvalue weighted by Gasteiger charge is -2.11. The third kappa shape index (κ3) is 4.59. The third-order valence-electron chi connectivity index (χ3n) is 4.29. The Morgan fingerprint density at radius 1 is 0.929 bits per heavy atom. The Morgan fingerprint density at radius 2 is 1.64 bits per heavy atom. The zero-order valence-corrected chi connectivity index (χ0v) is 16.4. The first kappa shape index (κ1) is 19.2. The Labute approximate surface area is 164 Å². The van der Waals surface area contributed by atoms with E-state index in [1.54, 1.807) is 44.7 Å². The molecule has 0 aliphatic carbocycles. The second-order valence-corrected chi connectivity index (χ2v) is 6.43. The van der Waals surface area contributed by atoms with Crippen molar-refractivity contribution >= 4 is 23.1 Å². The van der Waals surface area contributed by atoms with Gasteiger partial charge in [0.05, 0.1) is 26.1 Å². The predicted molar refractivity (Wildman–Crippen MR) is 111 cm³/mol. The first-order valence-corrected chi connectivity index (χ1v) is 8.83. The minimum absolute atomic E-state index is 0.269. The molecule has 144 valence electrons. The monoisotopic (exact) mass is 377 g/mol. The molecule has 3 rings (SSSR count). The van der Waals surface area contributed by atoms with Crippen molar-refractivity contribution in [3.63, 3.8) is 0 Å². The first-order chi connectivity index (χ1) is 13.5. The Morgan fingerprint density at radius 3 is 2.25 bits per heavy atom. The fourth-order valence-electron chi connectivity index (χ4n) is 2.69. The summed E-state index contributed by atoms with van der Waals surface area (Å²) in [5.41, 5.74) is 4.35. The summed E-state index contributed by atoms with van der Waals surface area (Å²) in [6, 6.07) is 14.9. The standard InChI is InChI=1S/C22H23N3O3/c1-14-5-6-15(2)20(9-14)25-21-8-7-17(13-23-21)24-22(26)16-10-18(27-3)12-19(11-16)28-4/h5-13H,1-4H3,(H,23,25)(H,24,26). The van der Waals surface area contributed by atoms with Gasteiger partial charge in [0.1, 0.15) is 17.3 Å². The number of carbonyl (C=O) groups is 1. The first-order valence-electron chi connectivity index (χ1n) is 8.83. The van der Waals surface area contributed by atoms with Crippen LogP contribution in [0.1, 0.15) is 21.5 Å². The van der Waals surface area contributed by atoms with Crippen LogP contribution in [0.15, 0.2) is 54.7 Å². The smallest absolute Gasteiger partial charge is 0.255 e. The lowest BCUT2D eigenvalue weighted by atomic mass is 10.1. The fraction of sp³-hybridized carbons (Fsp3) is 0.182. The average molecular weight is 377 g/mol. The normalized spacial score (nSPS) is 10.3. The van der Waals surface area contributed by atoms with Gasteiger partial charge in [-0.15, -0.1) is 0 Å². The van der Waals surface area contributed by atoms with Crippen LogP contribution in [0.4, 0.5) is 17.2 Å². The number of amides is 1. The number of benzene rings is 2. The van der Waals surface area contributed by atoms with E-state index in [2.05, 4.69) is 33.8 Å². The number of hydrogen-bond donors (Lipinski definition) is 2. The summed E-state index contributed by atoms with van der Waals surface area (Å²) in [5.74, 6) is 1.54. The molecule has 1 aromatic heterocycles. The maximum atomic E-state index is 12.5. The van der Waals surface area contributed by atoms with Gasteiger partial charge in [-0.05, 0) is 55.3 Å². The quantitative estimate of drug-likeness (QED) is 0.651. The molecule has 0 spiro atoms. The number of pyridine rings is 1. The maximum absolute atomic E-state index is 12.5. The summed E-state index contributed by atoms with van der Waals surface area (Å²) in [5, 5.41) is 6.13. The molecule has 3 aromatic rings. The van der Waals surface area contributed by atoms with Crippen LogP contribution < -0.4 is 20.1 Å². The minimum Gasteiger partial charge on any atom is -0.497 e. The van der Waals surface area contributed by atoms with Gasteiger partial charge in [0, 0.05) is 17.3 Å².